The second kappa shape index (κ2) is 22.7. The maximum Gasteiger partial charge on any atom is 0.330 e. The number of amides is 3. The number of Topliss-reactive ketones (excluding diaryl/α,β-unsaturated/α-hetero) is 2. The molecule has 4 aromatic carbocycles. The standard InChI is InChI=1S/C54H54F4N6O10/c1-28-46(29(2)61(5)53(73)60(28)4)35-12-8-31(9-13-35)18-37(51(69)70)24-43(65)48-39(55)20-33(21-40(48)56)26-64(45(67)16-17-59)27-34-22-41(57)49(42(58)23-34)44(66)25-38(52(71)72)19-32-10-14-36(15-11-32)47-30(3)62(6)54(74)63(7)50(47)68/h8-15,20-23,37-38H,1,16-19,24-27,59H2,2-7H3,(H,69,70)(H,71,72)/t37-,38-/m1/s1. The molecule has 5 aromatic rings. The topological polar surface area (TPSA) is 223 Å². The molecule has 1 aromatic heterocycles. The van der Waals surface area contributed by atoms with Crippen LogP contribution in [-0.2, 0) is 54.4 Å². The molecule has 16 nitrogen and oxygen atoms in total. The quantitative estimate of drug-likeness (QED) is 0.0545. The second-order valence-corrected chi connectivity index (χ2v) is 18.3. The van der Waals surface area contributed by atoms with E-state index in [0.717, 1.165) is 33.7 Å². The van der Waals surface area contributed by atoms with E-state index < -0.39 is 113 Å². The molecule has 4 N–H and O–H groups in total. The first-order valence-corrected chi connectivity index (χ1v) is 23.2. The number of ketones is 2. The molecule has 6 rings (SSSR count). The van der Waals surface area contributed by atoms with Gasteiger partial charge in [0, 0.05) is 89.7 Å². The molecule has 0 unspecified atom stereocenters. The zero-order valence-electron chi connectivity index (χ0n) is 41.4. The number of likely N-dealkylation sites (N-methyl/N-ethyl adjacent to an activating group) is 1. The lowest BCUT2D eigenvalue weighted by atomic mass is 9.90. The summed E-state index contributed by atoms with van der Waals surface area (Å²) in [5, 5.41) is 20.0. The lowest BCUT2D eigenvalue weighted by Gasteiger charge is -2.35. The van der Waals surface area contributed by atoms with Crippen LogP contribution in [0.2, 0.25) is 0 Å². The number of carbonyl (C=O) groups is 6. The summed E-state index contributed by atoms with van der Waals surface area (Å²) in [5.74, 6) is -14.1. The molecule has 0 radical (unpaired) electrons. The fraction of sp³-hybridized carbons (Fsp3) is 0.296. The summed E-state index contributed by atoms with van der Waals surface area (Å²) < 4.78 is 65.0. The number of halogens is 4. The number of hydrogen-bond donors (Lipinski definition) is 3. The Morgan fingerprint density at radius 3 is 1.46 bits per heavy atom. The number of carboxylic acids is 2. The highest BCUT2D eigenvalue weighted by molar-refractivity contribution is 5.99. The van der Waals surface area contributed by atoms with E-state index in [4.69, 9.17) is 5.73 Å². The molecule has 0 saturated heterocycles. The van der Waals surface area contributed by atoms with Crippen LogP contribution >= 0.6 is 0 Å². The Morgan fingerprint density at radius 2 is 1.05 bits per heavy atom. The van der Waals surface area contributed by atoms with Crippen molar-refractivity contribution in [2.24, 2.45) is 31.7 Å². The Kier molecular flexibility index (Phi) is 16.9. The SMILES string of the molecule is C=C1C(c2ccc(C[C@H](CC(=O)c3c(F)cc(CN(Cc4cc(F)c(C(=O)C[C@@H](Cc5ccc(-c6c(C)n(C)c(=O)n(C)c6=O)cc5)C(=O)O)c(F)c4)C(=O)CCN)cc3F)C(=O)O)cc2)=C(C)N(C)C(=O)N1C. The van der Waals surface area contributed by atoms with Crippen LogP contribution in [0.5, 0.6) is 0 Å². The first-order valence-electron chi connectivity index (χ1n) is 23.2. The molecule has 0 saturated carbocycles. The molecular weight excluding hydrogens is 969 g/mol. The van der Waals surface area contributed by atoms with E-state index in [9.17, 15) is 48.6 Å². The normalized spacial score (nSPS) is 13.6. The molecule has 0 spiro atoms. The fourth-order valence-electron chi connectivity index (χ4n) is 8.93. The van der Waals surface area contributed by atoms with Crippen molar-refractivity contribution in [3.05, 3.63) is 180 Å². The van der Waals surface area contributed by atoms with E-state index in [0.29, 0.717) is 44.9 Å². The zero-order valence-corrected chi connectivity index (χ0v) is 41.4. The van der Waals surface area contributed by atoms with Gasteiger partial charge in [-0.1, -0.05) is 55.1 Å². The van der Waals surface area contributed by atoms with Crippen LogP contribution in [0, 0.1) is 42.0 Å². The van der Waals surface area contributed by atoms with Gasteiger partial charge in [0.15, 0.2) is 11.6 Å². The van der Waals surface area contributed by atoms with E-state index in [1.807, 2.05) is 0 Å². The maximum atomic E-state index is 15.7. The molecule has 20 heteroatoms. The summed E-state index contributed by atoms with van der Waals surface area (Å²) in [4.78, 5) is 106. The third-order valence-corrected chi connectivity index (χ3v) is 13.3. The number of aliphatic carboxylic acids is 2. The number of nitrogens with two attached hydrogens (primary N) is 1. The van der Waals surface area contributed by atoms with Gasteiger partial charge in [-0.05, 0) is 84.3 Å². The predicted molar refractivity (Wildman–Crippen MR) is 264 cm³/mol. The third kappa shape index (κ3) is 11.7. The highest BCUT2D eigenvalue weighted by atomic mass is 19.1. The van der Waals surface area contributed by atoms with Crippen molar-refractivity contribution in [3.8, 4) is 11.1 Å². The first kappa shape index (κ1) is 55.1. The molecule has 0 bridgehead atoms. The van der Waals surface area contributed by atoms with Crippen LogP contribution in [0.25, 0.3) is 16.7 Å². The minimum absolute atomic E-state index is 0.176. The van der Waals surface area contributed by atoms with Gasteiger partial charge in [0.2, 0.25) is 5.91 Å². The van der Waals surface area contributed by atoms with Crippen molar-refractivity contribution < 1.29 is 56.5 Å². The van der Waals surface area contributed by atoms with Crippen molar-refractivity contribution in [3.63, 3.8) is 0 Å². The van der Waals surface area contributed by atoms with E-state index in [2.05, 4.69) is 6.58 Å². The average Bonchev–Trinajstić information content (AvgIpc) is 3.34. The number of carboxylic acid groups (broad SMARTS) is 2. The Labute approximate surface area is 422 Å². The summed E-state index contributed by atoms with van der Waals surface area (Å²) in [6, 6.07) is 15.7. The average molecular weight is 1020 g/mol. The number of allylic oxidation sites excluding steroid dienone is 2. The summed E-state index contributed by atoms with van der Waals surface area (Å²) in [6.07, 6.45) is -2.31. The largest absolute Gasteiger partial charge is 0.481 e. The summed E-state index contributed by atoms with van der Waals surface area (Å²) in [6.45, 7) is 6.10. The van der Waals surface area contributed by atoms with E-state index in [1.54, 1.807) is 64.3 Å². The smallest absolute Gasteiger partial charge is 0.330 e. The Bertz CT molecular complexity index is 3230. The van der Waals surface area contributed by atoms with E-state index >= 15 is 17.6 Å². The zero-order chi connectivity index (χ0) is 54.6. The monoisotopic (exact) mass is 1020 g/mol. The molecule has 3 amide bonds. The van der Waals surface area contributed by atoms with Crippen LogP contribution in [0.1, 0.15) is 80.4 Å². The Morgan fingerprint density at radius 1 is 0.635 bits per heavy atom. The van der Waals surface area contributed by atoms with Gasteiger partial charge in [0.25, 0.3) is 5.56 Å². The van der Waals surface area contributed by atoms with Crippen LogP contribution in [0.15, 0.2) is 100 Å². The Balaban J connectivity index is 1.14. The number of carbonyl (C=O) groups excluding carboxylic acids is 4. The predicted octanol–water partition coefficient (Wildman–Crippen LogP) is 6.77. The van der Waals surface area contributed by atoms with Crippen molar-refractivity contribution in [1.29, 1.82) is 0 Å². The van der Waals surface area contributed by atoms with E-state index in [-0.39, 0.29) is 48.5 Å². The highest BCUT2D eigenvalue weighted by Crippen LogP contribution is 2.34. The van der Waals surface area contributed by atoms with Gasteiger partial charge in [-0.2, -0.15) is 0 Å². The van der Waals surface area contributed by atoms with Crippen molar-refractivity contribution >= 4 is 41.0 Å². The van der Waals surface area contributed by atoms with Gasteiger partial charge in [-0.25, -0.2) is 27.2 Å². The van der Waals surface area contributed by atoms with E-state index in [1.165, 1.54) is 40.6 Å². The van der Waals surface area contributed by atoms with Crippen LogP contribution in [-0.4, -0.2) is 90.1 Å². The van der Waals surface area contributed by atoms with Crippen molar-refractivity contribution in [2.75, 3.05) is 20.6 Å². The number of urea groups is 1. The first-order chi connectivity index (χ1) is 34.8. The number of nitrogens with zero attached hydrogens (tertiary/aromatic N) is 5. The van der Waals surface area contributed by atoms with Crippen LogP contribution < -0.4 is 17.0 Å². The molecule has 388 valence electrons. The third-order valence-electron chi connectivity index (χ3n) is 13.3. The fourth-order valence-corrected chi connectivity index (χ4v) is 8.93. The summed E-state index contributed by atoms with van der Waals surface area (Å²) >= 11 is 0. The Hall–Kier alpha value is -8.26. The van der Waals surface area contributed by atoms with Crippen LogP contribution in [0.3, 0.4) is 0 Å². The highest BCUT2D eigenvalue weighted by Gasteiger charge is 2.32. The van der Waals surface area contributed by atoms with Gasteiger partial charge < -0.3 is 30.3 Å². The summed E-state index contributed by atoms with van der Waals surface area (Å²) in [7, 11) is 6.05. The van der Waals surface area contributed by atoms with Gasteiger partial charge in [-0.15, -0.1) is 0 Å². The minimum Gasteiger partial charge on any atom is -0.481 e. The molecular formula is C54H54F4N6O10. The number of benzene rings is 4. The van der Waals surface area contributed by atoms with Gasteiger partial charge in [0.1, 0.15) is 23.3 Å². The molecule has 1 aliphatic heterocycles. The number of hydrogen-bond acceptors (Lipinski definition) is 9. The second-order valence-electron chi connectivity index (χ2n) is 18.3. The minimum atomic E-state index is -1.44. The van der Waals surface area contributed by atoms with Gasteiger partial charge in [0.05, 0.1) is 28.5 Å². The lowest BCUT2D eigenvalue weighted by Crippen LogP contribution is -2.41. The molecule has 1 aliphatic rings. The number of aromatic nitrogens is 2. The lowest BCUT2D eigenvalue weighted by molar-refractivity contribution is -0.142. The van der Waals surface area contributed by atoms with Gasteiger partial charge >= 0.3 is 23.7 Å². The summed E-state index contributed by atoms with van der Waals surface area (Å²) in [5.41, 5.74) is 6.65. The molecule has 2 atom stereocenters. The van der Waals surface area contributed by atoms with Crippen molar-refractivity contribution in [1.82, 2.24) is 23.8 Å². The molecule has 0 fully saturated rings. The molecule has 2 heterocycles. The maximum absolute atomic E-state index is 15.7. The van der Waals surface area contributed by atoms with Crippen LogP contribution in [0.4, 0.5) is 22.4 Å². The molecule has 0 aliphatic carbocycles. The number of rotatable bonds is 20. The van der Waals surface area contributed by atoms with Gasteiger partial charge in [-0.3, -0.25) is 38.2 Å². The molecule has 74 heavy (non-hydrogen) atoms. The van der Waals surface area contributed by atoms with Crippen molar-refractivity contribution in [2.45, 2.75) is 59.0 Å².